The smallest absolute Gasteiger partial charge is 0.244 e. The van der Waals surface area contributed by atoms with Crippen LogP contribution in [0.3, 0.4) is 0 Å². The van der Waals surface area contributed by atoms with Crippen molar-refractivity contribution in [1.29, 1.82) is 0 Å². The van der Waals surface area contributed by atoms with E-state index in [2.05, 4.69) is 5.32 Å². The molecule has 4 rings (SSSR count). The van der Waals surface area contributed by atoms with E-state index in [1.807, 2.05) is 56.3 Å². The molecule has 0 radical (unpaired) electrons. The van der Waals surface area contributed by atoms with E-state index in [9.17, 15) is 13.2 Å². The Balaban J connectivity index is 1.72. The van der Waals surface area contributed by atoms with Crippen molar-refractivity contribution < 1.29 is 17.9 Å². The van der Waals surface area contributed by atoms with Gasteiger partial charge in [0.1, 0.15) is 11.8 Å². The molecule has 3 aromatic carbocycles. The van der Waals surface area contributed by atoms with Gasteiger partial charge in [-0.1, -0.05) is 36.4 Å². The average Bonchev–Trinajstić information content (AvgIpc) is 2.80. The standard InChI is InChI=1S/C25H26N2O4S/c1-17-8-9-18(2)23(14-17)26-25(28)24-15-19-6-4-5-7-20(19)16-27(24)32(29,30)22-12-10-21(31-3)11-13-22/h4-14,24H,15-16H2,1-3H3,(H,26,28)/t24-/m1/s1. The summed E-state index contributed by atoms with van der Waals surface area (Å²) in [5.41, 5.74) is 4.51. The number of carbonyl (C=O) groups excluding carboxylic acids is 1. The van der Waals surface area contributed by atoms with Crippen LogP contribution in [-0.4, -0.2) is 31.8 Å². The molecule has 1 aliphatic rings. The molecule has 6 nitrogen and oxygen atoms in total. The average molecular weight is 451 g/mol. The number of sulfonamides is 1. The Morgan fingerprint density at radius 2 is 1.69 bits per heavy atom. The molecule has 0 aromatic heterocycles. The Kier molecular flexibility index (Phi) is 6.04. The second kappa shape index (κ2) is 8.76. The molecule has 1 atom stereocenters. The SMILES string of the molecule is COc1ccc(S(=O)(=O)N2Cc3ccccc3C[C@@H]2C(=O)Nc2cc(C)ccc2C)cc1. The molecule has 3 aromatic rings. The maximum Gasteiger partial charge on any atom is 0.244 e. The van der Waals surface area contributed by atoms with Gasteiger partial charge in [0.15, 0.2) is 0 Å². The van der Waals surface area contributed by atoms with E-state index in [0.717, 1.165) is 22.3 Å². The lowest BCUT2D eigenvalue weighted by Crippen LogP contribution is -2.50. The number of anilines is 1. The van der Waals surface area contributed by atoms with Crippen LogP contribution >= 0.6 is 0 Å². The normalized spacial score (nSPS) is 16.3. The third-order valence-corrected chi connectivity index (χ3v) is 7.69. The van der Waals surface area contributed by atoms with Gasteiger partial charge in [0.05, 0.1) is 12.0 Å². The van der Waals surface area contributed by atoms with E-state index in [4.69, 9.17) is 4.74 Å². The van der Waals surface area contributed by atoms with Gasteiger partial charge in [-0.2, -0.15) is 4.31 Å². The van der Waals surface area contributed by atoms with Crippen LogP contribution < -0.4 is 10.1 Å². The zero-order valence-electron chi connectivity index (χ0n) is 18.3. The van der Waals surface area contributed by atoms with Gasteiger partial charge in [-0.05, 0) is 72.9 Å². The van der Waals surface area contributed by atoms with Crippen molar-refractivity contribution >= 4 is 21.6 Å². The van der Waals surface area contributed by atoms with E-state index in [-0.39, 0.29) is 17.3 Å². The van der Waals surface area contributed by atoms with Gasteiger partial charge in [-0.15, -0.1) is 0 Å². The van der Waals surface area contributed by atoms with E-state index < -0.39 is 16.1 Å². The number of nitrogens with one attached hydrogen (secondary N) is 1. The highest BCUT2D eigenvalue weighted by molar-refractivity contribution is 7.89. The molecule has 0 bridgehead atoms. The van der Waals surface area contributed by atoms with Gasteiger partial charge in [0, 0.05) is 12.2 Å². The Hall–Kier alpha value is -3.16. The lowest BCUT2D eigenvalue weighted by Gasteiger charge is -2.35. The largest absolute Gasteiger partial charge is 0.497 e. The van der Waals surface area contributed by atoms with Crippen LogP contribution in [0.15, 0.2) is 71.6 Å². The number of carbonyl (C=O) groups is 1. The minimum atomic E-state index is -3.92. The number of benzene rings is 3. The number of methoxy groups -OCH3 is 1. The minimum Gasteiger partial charge on any atom is -0.497 e. The van der Waals surface area contributed by atoms with Crippen molar-refractivity contribution in [3.05, 3.63) is 89.0 Å². The molecule has 0 aliphatic carbocycles. The summed E-state index contributed by atoms with van der Waals surface area (Å²) in [6, 6.07) is 18.8. The van der Waals surface area contributed by atoms with Gasteiger partial charge in [0.2, 0.25) is 15.9 Å². The quantitative estimate of drug-likeness (QED) is 0.636. The lowest BCUT2D eigenvalue weighted by atomic mass is 9.95. The number of ether oxygens (including phenoxy) is 1. The first-order valence-electron chi connectivity index (χ1n) is 10.4. The number of hydrogen-bond acceptors (Lipinski definition) is 4. The summed E-state index contributed by atoms with van der Waals surface area (Å²) in [5, 5.41) is 2.96. The van der Waals surface area contributed by atoms with Gasteiger partial charge in [0.25, 0.3) is 0 Å². The highest BCUT2D eigenvalue weighted by Gasteiger charge is 2.39. The summed E-state index contributed by atoms with van der Waals surface area (Å²) in [6.45, 7) is 4.00. The Bertz CT molecular complexity index is 1250. The molecule has 0 saturated heterocycles. The van der Waals surface area contributed by atoms with Crippen LogP contribution in [-0.2, 0) is 27.8 Å². The van der Waals surface area contributed by atoms with Crippen molar-refractivity contribution in [2.45, 2.75) is 37.8 Å². The molecule has 1 N–H and O–H groups in total. The summed E-state index contributed by atoms with van der Waals surface area (Å²) in [5.74, 6) is 0.224. The molecule has 1 amide bonds. The van der Waals surface area contributed by atoms with E-state index in [0.29, 0.717) is 17.9 Å². The van der Waals surface area contributed by atoms with Crippen LogP contribution in [0.25, 0.3) is 0 Å². The molecule has 0 saturated carbocycles. The Morgan fingerprint density at radius 1 is 1.00 bits per heavy atom. The van der Waals surface area contributed by atoms with Gasteiger partial charge in [-0.3, -0.25) is 4.79 Å². The fourth-order valence-electron chi connectivity index (χ4n) is 3.94. The zero-order valence-corrected chi connectivity index (χ0v) is 19.1. The van der Waals surface area contributed by atoms with Crippen LogP contribution in [0.4, 0.5) is 5.69 Å². The zero-order chi connectivity index (χ0) is 22.9. The third-order valence-electron chi connectivity index (χ3n) is 5.83. The summed E-state index contributed by atoms with van der Waals surface area (Å²) >= 11 is 0. The van der Waals surface area contributed by atoms with Gasteiger partial charge in [-0.25, -0.2) is 8.42 Å². The lowest BCUT2D eigenvalue weighted by molar-refractivity contribution is -0.120. The number of fused-ring (bicyclic) bond motifs is 1. The molecule has 1 heterocycles. The van der Waals surface area contributed by atoms with Crippen molar-refractivity contribution in [2.75, 3.05) is 12.4 Å². The first kappa shape index (κ1) is 22.0. The summed E-state index contributed by atoms with van der Waals surface area (Å²) in [7, 11) is -2.39. The van der Waals surface area contributed by atoms with Crippen LogP contribution in [0.5, 0.6) is 5.75 Å². The number of nitrogens with zero attached hydrogens (tertiary/aromatic N) is 1. The number of rotatable bonds is 5. The van der Waals surface area contributed by atoms with Crippen LogP contribution in [0, 0.1) is 13.8 Å². The second-order valence-electron chi connectivity index (χ2n) is 8.02. The Labute approximate surface area is 188 Å². The summed E-state index contributed by atoms with van der Waals surface area (Å²) < 4.78 is 33.6. The number of hydrogen-bond donors (Lipinski definition) is 1. The summed E-state index contributed by atoms with van der Waals surface area (Å²) in [6.07, 6.45) is 0.308. The van der Waals surface area contributed by atoms with Crippen LogP contribution in [0.1, 0.15) is 22.3 Å². The van der Waals surface area contributed by atoms with Crippen LogP contribution in [0.2, 0.25) is 0 Å². The predicted octanol–water partition coefficient (Wildman–Crippen LogP) is 4.07. The van der Waals surface area contributed by atoms with Crippen molar-refractivity contribution in [3.63, 3.8) is 0 Å². The molecule has 1 aliphatic heterocycles. The molecule has 32 heavy (non-hydrogen) atoms. The number of aryl methyl sites for hydroxylation is 2. The predicted molar refractivity (Wildman–Crippen MR) is 124 cm³/mol. The fraction of sp³-hybridized carbons (Fsp3) is 0.240. The first-order chi connectivity index (χ1) is 15.3. The number of amides is 1. The topological polar surface area (TPSA) is 75.7 Å². The van der Waals surface area contributed by atoms with E-state index in [1.165, 1.54) is 23.5 Å². The highest BCUT2D eigenvalue weighted by atomic mass is 32.2. The molecule has 0 fully saturated rings. The fourth-order valence-corrected chi connectivity index (χ4v) is 5.51. The first-order valence-corrected chi connectivity index (χ1v) is 11.8. The molecule has 0 spiro atoms. The van der Waals surface area contributed by atoms with Crippen molar-refractivity contribution in [1.82, 2.24) is 4.31 Å². The highest BCUT2D eigenvalue weighted by Crippen LogP contribution is 2.31. The van der Waals surface area contributed by atoms with Crippen molar-refractivity contribution in [3.8, 4) is 5.75 Å². The Morgan fingerprint density at radius 3 is 2.38 bits per heavy atom. The summed E-state index contributed by atoms with van der Waals surface area (Å²) in [4.78, 5) is 13.5. The van der Waals surface area contributed by atoms with Crippen molar-refractivity contribution in [2.24, 2.45) is 0 Å². The molecule has 7 heteroatoms. The van der Waals surface area contributed by atoms with E-state index in [1.54, 1.807) is 12.1 Å². The maximum absolute atomic E-state index is 13.6. The molecule has 0 unspecified atom stereocenters. The van der Waals surface area contributed by atoms with E-state index >= 15 is 0 Å². The second-order valence-corrected chi connectivity index (χ2v) is 9.91. The molecular formula is C25H26N2O4S. The molecule has 166 valence electrons. The minimum absolute atomic E-state index is 0.127. The molecular weight excluding hydrogens is 424 g/mol. The monoisotopic (exact) mass is 450 g/mol. The van der Waals surface area contributed by atoms with Gasteiger partial charge >= 0.3 is 0 Å². The van der Waals surface area contributed by atoms with Gasteiger partial charge < -0.3 is 10.1 Å². The third kappa shape index (κ3) is 4.26. The maximum atomic E-state index is 13.6.